The minimum absolute atomic E-state index is 0.560. The maximum Gasteiger partial charge on any atom is 0.129 e. The zero-order chi connectivity index (χ0) is 9.98. The summed E-state index contributed by atoms with van der Waals surface area (Å²) < 4.78 is 0. The molecule has 0 aromatic carbocycles. The van der Waals surface area contributed by atoms with Crippen molar-refractivity contribution >= 4 is 11.6 Å². The number of pyridine rings is 1. The van der Waals surface area contributed by atoms with Crippen molar-refractivity contribution in [3.63, 3.8) is 0 Å². The van der Waals surface area contributed by atoms with Gasteiger partial charge in [0.25, 0.3) is 0 Å². The van der Waals surface area contributed by atoms with E-state index in [2.05, 4.69) is 4.98 Å². The molecule has 0 spiro atoms. The third-order valence-electron chi connectivity index (χ3n) is 0.854. The van der Waals surface area contributed by atoms with Crippen molar-refractivity contribution in [2.45, 2.75) is 34.6 Å². The first kappa shape index (κ1) is 14.0. The third-order valence-corrected chi connectivity index (χ3v) is 1.06. The Kier molecular flexibility index (Phi) is 12.2. The molecule has 0 bridgehead atoms. The number of hydrogen-bond acceptors (Lipinski definition) is 1. The van der Waals surface area contributed by atoms with Crippen LogP contribution in [0.15, 0.2) is 18.2 Å². The van der Waals surface area contributed by atoms with Crippen LogP contribution in [0.1, 0.15) is 33.4 Å². The molecule has 0 N–H and O–H groups in total. The smallest absolute Gasteiger partial charge is 0.129 e. The lowest BCUT2D eigenvalue weighted by Crippen LogP contribution is -1.76. The van der Waals surface area contributed by atoms with Gasteiger partial charge < -0.3 is 0 Å². The molecule has 0 saturated carbocycles. The van der Waals surface area contributed by atoms with Crippen LogP contribution in [-0.2, 0) is 0 Å². The van der Waals surface area contributed by atoms with Crippen LogP contribution in [0, 0.1) is 6.92 Å². The van der Waals surface area contributed by atoms with Gasteiger partial charge in [0, 0.05) is 5.69 Å². The molecule has 2 heteroatoms. The molecule has 0 saturated heterocycles. The molecule has 0 amide bonds. The van der Waals surface area contributed by atoms with Gasteiger partial charge in [0.1, 0.15) is 5.15 Å². The molecule has 70 valence electrons. The van der Waals surface area contributed by atoms with Crippen LogP contribution in [0.3, 0.4) is 0 Å². The van der Waals surface area contributed by atoms with Gasteiger partial charge in [-0.15, -0.1) is 0 Å². The van der Waals surface area contributed by atoms with Crippen LogP contribution in [0.4, 0.5) is 0 Å². The van der Waals surface area contributed by atoms with Gasteiger partial charge in [-0.05, 0) is 19.1 Å². The normalized spacial score (nSPS) is 7.17. The first-order chi connectivity index (χ1) is 5.79. The van der Waals surface area contributed by atoms with Gasteiger partial charge in [0.05, 0.1) is 0 Å². The summed E-state index contributed by atoms with van der Waals surface area (Å²) in [5, 5.41) is 0.560. The van der Waals surface area contributed by atoms with E-state index < -0.39 is 0 Å². The summed E-state index contributed by atoms with van der Waals surface area (Å²) in [5.74, 6) is 0. The summed E-state index contributed by atoms with van der Waals surface area (Å²) in [6.07, 6.45) is 0. The monoisotopic (exact) mass is 187 g/mol. The van der Waals surface area contributed by atoms with Gasteiger partial charge in [0.2, 0.25) is 0 Å². The molecule has 1 nitrogen and oxygen atoms in total. The SMILES string of the molecule is CC.CC.Cc1cccc(Cl)n1. The highest BCUT2D eigenvalue weighted by Crippen LogP contribution is 2.02. The van der Waals surface area contributed by atoms with Crippen LogP contribution < -0.4 is 0 Å². The van der Waals surface area contributed by atoms with E-state index in [-0.39, 0.29) is 0 Å². The second-order valence-corrected chi connectivity index (χ2v) is 1.99. The zero-order valence-electron chi connectivity index (χ0n) is 8.56. The fraction of sp³-hybridized carbons (Fsp3) is 0.500. The van der Waals surface area contributed by atoms with Crippen LogP contribution in [-0.4, -0.2) is 4.98 Å². The van der Waals surface area contributed by atoms with E-state index in [0.717, 1.165) is 5.69 Å². The minimum atomic E-state index is 0.560. The van der Waals surface area contributed by atoms with E-state index in [4.69, 9.17) is 11.6 Å². The predicted octanol–water partition coefficient (Wildman–Crippen LogP) is 4.10. The van der Waals surface area contributed by atoms with Crippen LogP contribution >= 0.6 is 11.6 Å². The van der Waals surface area contributed by atoms with Gasteiger partial charge in [0.15, 0.2) is 0 Å². The average molecular weight is 188 g/mol. The largest absolute Gasteiger partial charge is 0.241 e. The van der Waals surface area contributed by atoms with Gasteiger partial charge in [-0.2, -0.15) is 0 Å². The molecule has 0 atom stereocenters. The van der Waals surface area contributed by atoms with Crippen molar-refractivity contribution in [3.8, 4) is 0 Å². The molecule has 0 aliphatic heterocycles. The molecular formula is C10H18ClN. The summed E-state index contributed by atoms with van der Waals surface area (Å²) in [6, 6.07) is 5.55. The Morgan fingerprint density at radius 3 is 1.83 bits per heavy atom. The standard InChI is InChI=1S/C6H6ClN.2C2H6/c1-5-3-2-4-6(7)8-5;2*1-2/h2-4H,1H3;2*1-2H3. The maximum absolute atomic E-state index is 5.53. The van der Waals surface area contributed by atoms with Gasteiger partial charge in [-0.25, -0.2) is 4.98 Å². The molecule has 1 aromatic heterocycles. The summed E-state index contributed by atoms with van der Waals surface area (Å²) in [7, 11) is 0. The number of halogens is 1. The van der Waals surface area contributed by atoms with E-state index in [1.165, 1.54) is 0 Å². The second-order valence-electron chi connectivity index (χ2n) is 1.60. The second kappa shape index (κ2) is 10.4. The van der Waals surface area contributed by atoms with E-state index in [1.807, 2.05) is 46.8 Å². The fourth-order valence-electron chi connectivity index (χ4n) is 0.510. The van der Waals surface area contributed by atoms with Crippen molar-refractivity contribution in [1.82, 2.24) is 4.98 Å². The maximum atomic E-state index is 5.53. The minimum Gasteiger partial charge on any atom is -0.241 e. The first-order valence-electron chi connectivity index (χ1n) is 4.38. The summed E-state index contributed by atoms with van der Waals surface area (Å²) in [4.78, 5) is 3.94. The molecular weight excluding hydrogens is 170 g/mol. The molecule has 1 rings (SSSR count). The van der Waals surface area contributed by atoms with Gasteiger partial charge >= 0.3 is 0 Å². The van der Waals surface area contributed by atoms with Gasteiger partial charge in [-0.3, -0.25) is 0 Å². The first-order valence-corrected chi connectivity index (χ1v) is 4.76. The highest BCUT2D eigenvalue weighted by molar-refractivity contribution is 6.29. The topological polar surface area (TPSA) is 12.9 Å². The zero-order valence-corrected chi connectivity index (χ0v) is 9.31. The molecule has 0 aliphatic rings. The van der Waals surface area contributed by atoms with Gasteiger partial charge in [-0.1, -0.05) is 45.4 Å². The Hall–Kier alpha value is -0.560. The third kappa shape index (κ3) is 7.55. The summed E-state index contributed by atoms with van der Waals surface area (Å²) >= 11 is 5.53. The highest BCUT2D eigenvalue weighted by Gasteiger charge is 1.84. The molecule has 0 unspecified atom stereocenters. The Bertz CT molecular complexity index is 170. The molecule has 0 fully saturated rings. The lowest BCUT2D eigenvalue weighted by Gasteiger charge is -1.88. The average Bonchev–Trinajstić information content (AvgIpc) is 2.11. The number of rotatable bonds is 0. The quantitative estimate of drug-likeness (QED) is 0.558. The van der Waals surface area contributed by atoms with Crippen LogP contribution in [0.25, 0.3) is 0 Å². The Morgan fingerprint density at radius 2 is 1.58 bits per heavy atom. The molecule has 0 radical (unpaired) electrons. The van der Waals surface area contributed by atoms with E-state index in [1.54, 1.807) is 6.07 Å². The molecule has 1 heterocycles. The van der Waals surface area contributed by atoms with E-state index in [0.29, 0.717) is 5.15 Å². The van der Waals surface area contributed by atoms with Crippen molar-refractivity contribution < 1.29 is 0 Å². The molecule has 1 aromatic rings. The fourth-order valence-corrected chi connectivity index (χ4v) is 0.716. The molecule has 12 heavy (non-hydrogen) atoms. The number of aryl methyl sites for hydroxylation is 1. The number of aromatic nitrogens is 1. The van der Waals surface area contributed by atoms with E-state index in [9.17, 15) is 0 Å². The Morgan fingerprint density at radius 1 is 1.08 bits per heavy atom. The van der Waals surface area contributed by atoms with Crippen molar-refractivity contribution in [3.05, 3.63) is 29.0 Å². The lowest BCUT2D eigenvalue weighted by atomic mass is 10.4. The highest BCUT2D eigenvalue weighted by atomic mass is 35.5. The lowest BCUT2D eigenvalue weighted by molar-refractivity contribution is 1.20. The Balaban J connectivity index is 0. The predicted molar refractivity (Wildman–Crippen MR) is 56.7 cm³/mol. The number of nitrogens with zero attached hydrogens (tertiary/aromatic N) is 1. The summed E-state index contributed by atoms with van der Waals surface area (Å²) in [5.41, 5.74) is 0.956. The Labute approximate surface area is 80.8 Å². The van der Waals surface area contributed by atoms with Crippen molar-refractivity contribution in [2.75, 3.05) is 0 Å². The summed E-state index contributed by atoms with van der Waals surface area (Å²) in [6.45, 7) is 9.91. The van der Waals surface area contributed by atoms with Crippen molar-refractivity contribution in [1.29, 1.82) is 0 Å². The van der Waals surface area contributed by atoms with Crippen LogP contribution in [0.2, 0.25) is 5.15 Å². The van der Waals surface area contributed by atoms with E-state index >= 15 is 0 Å². The van der Waals surface area contributed by atoms with Crippen LogP contribution in [0.5, 0.6) is 0 Å². The molecule has 0 aliphatic carbocycles. The van der Waals surface area contributed by atoms with Crippen molar-refractivity contribution in [2.24, 2.45) is 0 Å². The number of hydrogen-bond donors (Lipinski definition) is 0.